The number of para-hydroxylation sites is 3. The van der Waals surface area contributed by atoms with Crippen LogP contribution in [0.25, 0.3) is 0 Å². The van der Waals surface area contributed by atoms with Gasteiger partial charge in [-0.2, -0.15) is 0 Å². The van der Waals surface area contributed by atoms with Gasteiger partial charge in [-0.3, -0.25) is 0 Å². The van der Waals surface area contributed by atoms with Crippen molar-refractivity contribution in [1.29, 1.82) is 0 Å². The zero-order valence-electron chi connectivity index (χ0n) is 11.4. The molecule has 2 N–H and O–H groups in total. The number of benzene rings is 2. The van der Waals surface area contributed by atoms with Gasteiger partial charge in [-0.05, 0) is 24.3 Å². The molecular weight excluding hydrogens is 266 g/mol. The molecule has 0 unspecified atom stereocenters. The number of likely N-dealkylation sites (N-methyl/N-ethyl adjacent to an activating group) is 1. The maximum absolute atomic E-state index is 5.86. The summed E-state index contributed by atoms with van der Waals surface area (Å²) >= 11 is 5.18. The van der Waals surface area contributed by atoms with E-state index in [9.17, 15) is 0 Å². The van der Waals surface area contributed by atoms with E-state index >= 15 is 0 Å². The maximum atomic E-state index is 5.86. The van der Waals surface area contributed by atoms with E-state index in [1.807, 2.05) is 18.2 Å². The van der Waals surface area contributed by atoms with Gasteiger partial charge in [0.25, 0.3) is 0 Å². The third-order valence-electron chi connectivity index (χ3n) is 3.70. The molecule has 2 aromatic carbocycles. The van der Waals surface area contributed by atoms with Gasteiger partial charge in [-0.15, -0.1) is 0 Å². The number of hydrogen-bond acceptors (Lipinski definition) is 3. The predicted octanol–water partition coefficient (Wildman–Crippen LogP) is 2.91. The third kappa shape index (κ3) is 2.12. The van der Waals surface area contributed by atoms with Crippen molar-refractivity contribution in [1.82, 2.24) is 0 Å². The number of nitrogens with two attached hydrogens (primary N) is 1. The molecule has 0 radical (unpaired) electrons. The summed E-state index contributed by atoms with van der Waals surface area (Å²) in [4.78, 5) is 5.01. The normalized spacial score (nSPS) is 14.1. The molecule has 3 rings (SSSR count). The van der Waals surface area contributed by atoms with Crippen molar-refractivity contribution in [3.63, 3.8) is 0 Å². The van der Waals surface area contributed by atoms with Crippen LogP contribution in [0, 0.1) is 0 Å². The van der Waals surface area contributed by atoms with E-state index in [0.29, 0.717) is 4.99 Å². The van der Waals surface area contributed by atoms with Crippen molar-refractivity contribution >= 4 is 34.3 Å². The molecule has 0 fully saturated rings. The average Bonchev–Trinajstić information content (AvgIpc) is 2.48. The fourth-order valence-electron chi connectivity index (χ4n) is 2.67. The summed E-state index contributed by atoms with van der Waals surface area (Å²) in [5.41, 5.74) is 10.3. The van der Waals surface area contributed by atoms with Crippen molar-refractivity contribution in [3.8, 4) is 0 Å². The van der Waals surface area contributed by atoms with Gasteiger partial charge in [0.2, 0.25) is 0 Å². The van der Waals surface area contributed by atoms with Crippen LogP contribution in [0.5, 0.6) is 0 Å². The molecule has 1 aliphatic rings. The van der Waals surface area contributed by atoms with Gasteiger partial charge < -0.3 is 15.5 Å². The van der Waals surface area contributed by atoms with Crippen LogP contribution in [-0.2, 0) is 0 Å². The molecule has 0 aliphatic carbocycles. The largest absolute Gasteiger partial charge is 0.389 e. The molecule has 20 heavy (non-hydrogen) atoms. The van der Waals surface area contributed by atoms with E-state index < -0.39 is 0 Å². The fraction of sp³-hybridized carbons (Fsp3) is 0.188. The highest BCUT2D eigenvalue weighted by Gasteiger charge is 2.22. The van der Waals surface area contributed by atoms with Crippen LogP contribution in [0.3, 0.4) is 0 Å². The summed E-state index contributed by atoms with van der Waals surface area (Å²) in [5.74, 6) is 0. The zero-order valence-corrected chi connectivity index (χ0v) is 12.2. The van der Waals surface area contributed by atoms with Gasteiger partial charge in [0.05, 0.1) is 17.1 Å². The molecule has 0 spiro atoms. The number of thiocarbonyl (C=S) groups is 1. The van der Waals surface area contributed by atoms with Crippen LogP contribution in [0.4, 0.5) is 17.1 Å². The SMILES string of the molecule is CN1CCN(c2ccccc2C(N)=S)c2ccccc21. The number of nitrogens with zero attached hydrogens (tertiary/aromatic N) is 2. The van der Waals surface area contributed by atoms with E-state index in [1.54, 1.807) is 0 Å². The Kier molecular flexibility index (Phi) is 3.32. The number of anilines is 3. The molecule has 0 amide bonds. The molecule has 0 saturated carbocycles. The second-order valence-electron chi connectivity index (χ2n) is 4.94. The Labute approximate surface area is 124 Å². The van der Waals surface area contributed by atoms with Gasteiger partial charge in [0.1, 0.15) is 4.99 Å². The summed E-state index contributed by atoms with van der Waals surface area (Å²) in [6.07, 6.45) is 0. The Hall–Kier alpha value is -2.07. The molecule has 2 aromatic rings. The van der Waals surface area contributed by atoms with Crippen LogP contribution in [0.1, 0.15) is 5.56 Å². The first-order chi connectivity index (χ1) is 9.68. The topological polar surface area (TPSA) is 32.5 Å². The Morgan fingerprint density at radius 3 is 2.25 bits per heavy atom. The van der Waals surface area contributed by atoms with E-state index in [1.165, 1.54) is 11.4 Å². The first-order valence-corrected chi connectivity index (χ1v) is 7.06. The smallest absolute Gasteiger partial charge is 0.106 e. The standard InChI is InChI=1S/C16H17N3S/c1-18-10-11-19(15-9-5-4-8-14(15)18)13-7-3-2-6-12(13)16(17)20/h2-9H,10-11H2,1H3,(H2,17,20). The van der Waals surface area contributed by atoms with Gasteiger partial charge in [0.15, 0.2) is 0 Å². The molecule has 1 aliphatic heterocycles. The van der Waals surface area contributed by atoms with Gasteiger partial charge >= 0.3 is 0 Å². The van der Waals surface area contributed by atoms with E-state index in [0.717, 1.165) is 24.3 Å². The number of rotatable bonds is 2. The van der Waals surface area contributed by atoms with Crippen molar-refractivity contribution in [2.45, 2.75) is 0 Å². The van der Waals surface area contributed by atoms with Crippen molar-refractivity contribution in [2.24, 2.45) is 5.73 Å². The summed E-state index contributed by atoms with van der Waals surface area (Å²) in [7, 11) is 2.12. The minimum absolute atomic E-state index is 0.442. The lowest BCUT2D eigenvalue weighted by atomic mass is 10.1. The molecule has 102 valence electrons. The van der Waals surface area contributed by atoms with E-state index in [-0.39, 0.29) is 0 Å². The second kappa shape index (κ2) is 5.13. The molecule has 1 heterocycles. The second-order valence-corrected chi connectivity index (χ2v) is 5.38. The fourth-order valence-corrected chi connectivity index (χ4v) is 2.85. The zero-order chi connectivity index (χ0) is 14.1. The Balaban J connectivity index is 2.13. The van der Waals surface area contributed by atoms with Crippen LogP contribution in [0.2, 0.25) is 0 Å². The summed E-state index contributed by atoms with van der Waals surface area (Å²) in [6.45, 7) is 1.90. The third-order valence-corrected chi connectivity index (χ3v) is 3.92. The van der Waals surface area contributed by atoms with Crippen LogP contribution in [0.15, 0.2) is 48.5 Å². The molecule has 0 bridgehead atoms. The Morgan fingerprint density at radius 1 is 0.950 bits per heavy atom. The highest BCUT2D eigenvalue weighted by molar-refractivity contribution is 7.80. The van der Waals surface area contributed by atoms with Crippen molar-refractivity contribution < 1.29 is 0 Å². The van der Waals surface area contributed by atoms with E-state index in [2.05, 4.69) is 47.2 Å². The average molecular weight is 283 g/mol. The molecule has 3 nitrogen and oxygen atoms in total. The van der Waals surface area contributed by atoms with Crippen molar-refractivity contribution in [2.75, 3.05) is 29.9 Å². The molecule has 4 heteroatoms. The van der Waals surface area contributed by atoms with Crippen LogP contribution in [-0.4, -0.2) is 25.1 Å². The monoisotopic (exact) mass is 283 g/mol. The van der Waals surface area contributed by atoms with Crippen LogP contribution >= 0.6 is 12.2 Å². The van der Waals surface area contributed by atoms with Crippen LogP contribution < -0.4 is 15.5 Å². The molecule has 0 atom stereocenters. The predicted molar refractivity (Wildman–Crippen MR) is 89.0 cm³/mol. The highest BCUT2D eigenvalue weighted by atomic mass is 32.1. The molecule has 0 saturated heterocycles. The highest BCUT2D eigenvalue weighted by Crippen LogP contribution is 2.37. The quantitative estimate of drug-likeness (QED) is 0.859. The lowest BCUT2D eigenvalue weighted by Crippen LogP contribution is -2.37. The minimum Gasteiger partial charge on any atom is -0.389 e. The number of hydrogen-bond donors (Lipinski definition) is 1. The number of fused-ring (bicyclic) bond motifs is 1. The Bertz CT molecular complexity index is 654. The van der Waals surface area contributed by atoms with Gasteiger partial charge in [-0.25, -0.2) is 0 Å². The molecular formula is C16H17N3S. The van der Waals surface area contributed by atoms with E-state index in [4.69, 9.17) is 18.0 Å². The van der Waals surface area contributed by atoms with Gasteiger partial charge in [0, 0.05) is 25.7 Å². The first-order valence-electron chi connectivity index (χ1n) is 6.65. The Morgan fingerprint density at radius 2 is 1.55 bits per heavy atom. The minimum atomic E-state index is 0.442. The van der Waals surface area contributed by atoms with Crippen molar-refractivity contribution in [3.05, 3.63) is 54.1 Å². The van der Waals surface area contributed by atoms with Gasteiger partial charge in [-0.1, -0.05) is 36.5 Å². The summed E-state index contributed by atoms with van der Waals surface area (Å²) in [5, 5.41) is 0. The lowest BCUT2D eigenvalue weighted by molar-refractivity contribution is 0.822. The summed E-state index contributed by atoms with van der Waals surface area (Å²) in [6, 6.07) is 16.5. The molecule has 0 aromatic heterocycles. The maximum Gasteiger partial charge on any atom is 0.106 e. The first kappa shape index (κ1) is 12.9. The lowest BCUT2D eigenvalue weighted by Gasteiger charge is -2.37. The summed E-state index contributed by atoms with van der Waals surface area (Å²) < 4.78 is 0.